The number of aromatic nitrogens is 1. The number of hydrogen-bond donors (Lipinski definition) is 1. The maximum Gasteiger partial charge on any atom is 0.232 e. The number of nitriles is 1. The van der Waals surface area contributed by atoms with Crippen LogP contribution in [0.3, 0.4) is 0 Å². The van der Waals surface area contributed by atoms with E-state index in [1.165, 1.54) is 0 Å². The minimum absolute atomic E-state index is 0.188. The highest BCUT2D eigenvalue weighted by atomic mass is 16.5. The maximum absolute atomic E-state index is 9.35. The number of nitrogens with one attached hydrogen (secondary N) is 1. The number of nitrogens with zero attached hydrogens (tertiary/aromatic N) is 2. The van der Waals surface area contributed by atoms with Gasteiger partial charge in [0.05, 0.1) is 21.3 Å². The van der Waals surface area contributed by atoms with Crippen LogP contribution in [0.2, 0.25) is 0 Å². The summed E-state index contributed by atoms with van der Waals surface area (Å²) >= 11 is 0. The summed E-state index contributed by atoms with van der Waals surface area (Å²) < 4.78 is 21.4. The van der Waals surface area contributed by atoms with Gasteiger partial charge in [0, 0.05) is 12.1 Å². The molecular formula is C20H19N3O4. The Morgan fingerprint density at radius 1 is 1.00 bits per heavy atom. The van der Waals surface area contributed by atoms with Crippen molar-refractivity contribution < 1.29 is 18.6 Å². The molecule has 0 radical (unpaired) electrons. The molecule has 0 unspecified atom stereocenters. The second-order valence-electron chi connectivity index (χ2n) is 5.58. The summed E-state index contributed by atoms with van der Waals surface area (Å²) in [5.41, 5.74) is 1.89. The lowest BCUT2D eigenvalue weighted by molar-refractivity contribution is 0.355. The van der Waals surface area contributed by atoms with Crippen LogP contribution in [0, 0.1) is 11.3 Å². The number of ether oxygens (including phenoxy) is 3. The first kappa shape index (κ1) is 18.1. The summed E-state index contributed by atoms with van der Waals surface area (Å²) in [6, 6.07) is 15.0. The summed E-state index contributed by atoms with van der Waals surface area (Å²) in [7, 11) is 4.74. The Morgan fingerprint density at radius 3 is 2.37 bits per heavy atom. The van der Waals surface area contributed by atoms with Crippen molar-refractivity contribution in [1.82, 2.24) is 4.98 Å². The molecule has 7 heteroatoms. The van der Waals surface area contributed by atoms with Crippen molar-refractivity contribution >= 4 is 5.88 Å². The summed E-state index contributed by atoms with van der Waals surface area (Å²) in [5.74, 6) is 2.58. The molecule has 27 heavy (non-hydrogen) atoms. The number of methoxy groups -OCH3 is 3. The van der Waals surface area contributed by atoms with Gasteiger partial charge in [-0.05, 0) is 35.9 Å². The molecule has 1 N–H and O–H groups in total. The first-order valence-electron chi connectivity index (χ1n) is 8.18. The van der Waals surface area contributed by atoms with E-state index < -0.39 is 0 Å². The average molecular weight is 365 g/mol. The van der Waals surface area contributed by atoms with Crippen LogP contribution in [0.5, 0.6) is 17.2 Å². The highest BCUT2D eigenvalue weighted by molar-refractivity contribution is 5.63. The van der Waals surface area contributed by atoms with Gasteiger partial charge in [-0.15, -0.1) is 0 Å². The van der Waals surface area contributed by atoms with Gasteiger partial charge in [0.15, 0.2) is 11.5 Å². The zero-order valence-electron chi connectivity index (χ0n) is 15.3. The molecule has 0 saturated carbocycles. The molecule has 0 aliphatic carbocycles. The second kappa shape index (κ2) is 8.15. The maximum atomic E-state index is 9.35. The first-order chi connectivity index (χ1) is 13.2. The van der Waals surface area contributed by atoms with E-state index in [4.69, 9.17) is 18.6 Å². The molecule has 138 valence electrons. The standard InChI is InChI=1S/C20H19N3O4/c1-24-15-7-4-13(5-8-15)12-22-20-16(11-21)23-19(27-20)14-6-9-17(25-2)18(10-14)26-3/h4-10,22H,12H2,1-3H3. The van der Waals surface area contributed by atoms with Crippen LogP contribution >= 0.6 is 0 Å². The summed E-state index contributed by atoms with van der Waals surface area (Å²) in [4.78, 5) is 4.26. The van der Waals surface area contributed by atoms with Crippen LogP contribution in [-0.2, 0) is 6.54 Å². The van der Waals surface area contributed by atoms with E-state index in [9.17, 15) is 5.26 Å². The zero-order valence-corrected chi connectivity index (χ0v) is 15.3. The lowest BCUT2D eigenvalue weighted by Gasteiger charge is -2.07. The number of rotatable bonds is 7. The molecular weight excluding hydrogens is 346 g/mol. The van der Waals surface area contributed by atoms with E-state index in [0.29, 0.717) is 35.4 Å². The van der Waals surface area contributed by atoms with Crippen molar-refractivity contribution in [2.75, 3.05) is 26.6 Å². The Morgan fingerprint density at radius 2 is 1.74 bits per heavy atom. The van der Waals surface area contributed by atoms with Gasteiger partial charge in [0.25, 0.3) is 0 Å². The van der Waals surface area contributed by atoms with Crippen LogP contribution in [0.4, 0.5) is 5.88 Å². The minimum Gasteiger partial charge on any atom is -0.497 e. The Kier molecular flexibility index (Phi) is 5.47. The number of benzene rings is 2. The van der Waals surface area contributed by atoms with E-state index in [1.54, 1.807) is 39.5 Å². The van der Waals surface area contributed by atoms with Gasteiger partial charge in [-0.3, -0.25) is 0 Å². The molecule has 0 aliphatic rings. The molecule has 0 fully saturated rings. The fraction of sp³-hybridized carbons (Fsp3) is 0.200. The van der Waals surface area contributed by atoms with E-state index in [-0.39, 0.29) is 5.69 Å². The first-order valence-corrected chi connectivity index (χ1v) is 8.18. The zero-order chi connectivity index (χ0) is 19.2. The molecule has 0 amide bonds. The van der Waals surface area contributed by atoms with Gasteiger partial charge in [-0.1, -0.05) is 12.1 Å². The van der Waals surface area contributed by atoms with E-state index in [0.717, 1.165) is 11.3 Å². The quantitative estimate of drug-likeness (QED) is 0.680. The van der Waals surface area contributed by atoms with Gasteiger partial charge in [0.1, 0.15) is 11.8 Å². The molecule has 3 aromatic rings. The number of oxazole rings is 1. The van der Waals surface area contributed by atoms with Gasteiger partial charge in [-0.25, -0.2) is 0 Å². The molecule has 3 rings (SSSR count). The van der Waals surface area contributed by atoms with Crippen molar-refractivity contribution in [1.29, 1.82) is 5.26 Å². The Balaban J connectivity index is 1.81. The summed E-state index contributed by atoms with van der Waals surface area (Å²) in [6.07, 6.45) is 0. The molecule has 2 aromatic carbocycles. The van der Waals surface area contributed by atoms with Crippen LogP contribution in [0.15, 0.2) is 46.9 Å². The Labute approximate surface area is 157 Å². The van der Waals surface area contributed by atoms with E-state index in [1.807, 2.05) is 30.3 Å². The van der Waals surface area contributed by atoms with Crippen molar-refractivity contribution in [3.05, 3.63) is 53.7 Å². The molecule has 1 aromatic heterocycles. The third-order valence-corrected chi connectivity index (χ3v) is 3.98. The van der Waals surface area contributed by atoms with Crippen LogP contribution in [-0.4, -0.2) is 26.3 Å². The fourth-order valence-corrected chi connectivity index (χ4v) is 2.53. The molecule has 0 aliphatic heterocycles. The molecule has 0 atom stereocenters. The van der Waals surface area contributed by atoms with Crippen molar-refractivity contribution in [2.24, 2.45) is 0 Å². The van der Waals surface area contributed by atoms with Crippen molar-refractivity contribution in [3.8, 4) is 34.8 Å². The van der Waals surface area contributed by atoms with Gasteiger partial charge < -0.3 is 23.9 Å². The SMILES string of the molecule is COc1ccc(CNc2oc(-c3ccc(OC)c(OC)c3)nc2C#N)cc1. The van der Waals surface area contributed by atoms with Crippen LogP contribution < -0.4 is 19.5 Å². The summed E-state index contributed by atoms with van der Waals surface area (Å²) in [5, 5.41) is 12.5. The smallest absolute Gasteiger partial charge is 0.232 e. The third kappa shape index (κ3) is 3.96. The summed E-state index contributed by atoms with van der Waals surface area (Å²) in [6.45, 7) is 0.485. The molecule has 0 saturated heterocycles. The average Bonchev–Trinajstić information content (AvgIpc) is 3.15. The highest BCUT2D eigenvalue weighted by Crippen LogP contribution is 2.33. The van der Waals surface area contributed by atoms with Crippen molar-refractivity contribution in [3.63, 3.8) is 0 Å². The highest BCUT2D eigenvalue weighted by Gasteiger charge is 2.16. The lowest BCUT2D eigenvalue weighted by atomic mass is 10.2. The van der Waals surface area contributed by atoms with Gasteiger partial charge >= 0.3 is 0 Å². The normalized spacial score (nSPS) is 10.1. The van der Waals surface area contributed by atoms with Crippen molar-refractivity contribution in [2.45, 2.75) is 6.54 Å². The minimum atomic E-state index is 0.188. The van der Waals surface area contributed by atoms with E-state index >= 15 is 0 Å². The molecule has 1 heterocycles. The molecule has 0 bridgehead atoms. The predicted molar refractivity (Wildman–Crippen MR) is 100 cm³/mol. The lowest BCUT2D eigenvalue weighted by Crippen LogP contribution is -1.99. The number of hydrogen-bond acceptors (Lipinski definition) is 7. The third-order valence-electron chi connectivity index (χ3n) is 3.98. The van der Waals surface area contributed by atoms with E-state index in [2.05, 4.69) is 10.3 Å². The van der Waals surface area contributed by atoms with Gasteiger partial charge in [0.2, 0.25) is 17.5 Å². The molecule has 7 nitrogen and oxygen atoms in total. The fourth-order valence-electron chi connectivity index (χ4n) is 2.53. The largest absolute Gasteiger partial charge is 0.497 e. The van der Waals surface area contributed by atoms with Crippen LogP contribution in [0.25, 0.3) is 11.5 Å². The van der Waals surface area contributed by atoms with Crippen LogP contribution in [0.1, 0.15) is 11.3 Å². The second-order valence-corrected chi connectivity index (χ2v) is 5.58. The molecule has 0 spiro atoms. The van der Waals surface area contributed by atoms with Gasteiger partial charge in [-0.2, -0.15) is 10.2 Å². The monoisotopic (exact) mass is 365 g/mol. The Bertz CT molecular complexity index is 958. The predicted octanol–water partition coefficient (Wildman–Crippen LogP) is 3.85. The Hall–Kier alpha value is -3.66. The topological polar surface area (TPSA) is 89.5 Å². The number of anilines is 1.